The van der Waals surface area contributed by atoms with Crippen LogP contribution in [0.25, 0.3) is 0 Å². The molecule has 0 bridgehead atoms. The van der Waals surface area contributed by atoms with E-state index in [2.05, 4.69) is 0 Å². The lowest BCUT2D eigenvalue weighted by molar-refractivity contribution is 0.0528. The zero-order valence-electron chi connectivity index (χ0n) is 13.9. The van der Waals surface area contributed by atoms with Crippen LogP contribution in [0.1, 0.15) is 30.6 Å². The predicted molar refractivity (Wildman–Crippen MR) is 89.0 cm³/mol. The van der Waals surface area contributed by atoms with Gasteiger partial charge >= 0.3 is 0 Å². The molecule has 0 saturated carbocycles. The maximum atomic E-state index is 14.2. The van der Waals surface area contributed by atoms with Crippen LogP contribution in [0.2, 0.25) is 0 Å². The molecule has 1 amide bonds. The first kappa shape index (κ1) is 19.5. The predicted octanol–water partition coefficient (Wildman–Crippen LogP) is 2.46. The van der Waals surface area contributed by atoms with Gasteiger partial charge in [-0.2, -0.15) is 0 Å². The molecule has 0 aromatic heterocycles. The number of carbonyl (C=O) groups excluding carboxylic acids is 1. The molecule has 1 atom stereocenters. The Labute approximate surface area is 142 Å². The van der Waals surface area contributed by atoms with Crippen molar-refractivity contribution in [1.82, 2.24) is 4.90 Å². The summed E-state index contributed by atoms with van der Waals surface area (Å²) in [5, 5.41) is 0. The van der Waals surface area contributed by atoms with E-state index in [1.807, 2.05) is 13.8 Å². The first-order valence-electron chi connectivity index (χ1n) is 7.26. The lowest BCUT2D eigenvalue weighted by atomic mass is 9.79. The summed E-state index contributed by atoms with van der Waals surface area (Å²) >= 11 is 0. The summed E-state index contributed by atoms with van der Waals surface area (Å²) < 4.78 is 24.4. The molecule has 1 aliphatic heterocycles. The maximum absolute atomic E-state index is 14.2. The lowest BCUT2D eigenvalue weighted by Crippen LogP contribution is -2.54. The van der Waals surface area contributed by atoms with Gasteiger partial charge in [0.1, 0.15) is 5.82 Å². The molecule has 130 valence electrons. The van der Waals surface area contributed by atoms with E-state index in [0.29, 0.717) is 25.3 Å². The van der Waals surface area contributed by atoms with Crippen molar-refractivity contribution >= 4 is 18.3 Å². The molecule has 2 N–H and O–H groups in total. The summed E-state index contributed by atoms with van der Waals surface area (Å²) in [6.07, 6.45) is 0.702. The fourth-order valence-electron chi connectivity index (χ4n) is 2.74. The summed E-state index contributed by atoms with van der Waals surface area (Å²) in [6.45, 7) is 5.06. The number of nitrogens with two attached hydrogens (primary N) is 1. The van der Waals surface area contributed by atoms with Gasteiger partial charge < -0.3 is 20.1 Å². The molecular formula is C16H24ClFN2O3. The number of likely N-dealkylation sites (tertiary alicyclic amines) is 1. The number of rotatable bonds is 3. The Balaban J connectivity index is 0.00000264. The second-order valence-electron chi connectivity index (χ2n) is 6.30. The summed E-state index contributed by atoms with van der Waals surface area (Å²) in [4.78, 5) is 14.3. The van der Waals surface area contributed by atoms with Crippen molar-refractivity contribution in [2.45, 2.75) is 26.3 Å². The van der Waals surface area contributed by atoms with Gasteiger partial charge in [-0.3, -0.25) is 4.79 Å². The smallest absolute Gasteiger partial charge is 0.256 e. The van der Waals surface area contributed by atoms with Crippen LogP contribution in [-0.2, 0) is 0 Å². The largest absolute Gasteiger partial charge is 0.493 e. The number of halogens is 2. The minimum atomic E-state index is -0.615. The Morgan fingerprint density at radius 2 is 1.87 bits per heavy atom. The van der Waals surface area contributed by atoms with Gasteiger partial charge in [0.15, 0.2) is 11.5 Å². The van der Waals surface area contributed by atoms with Crippen LogP contribution in [0.3, 0.4) is 0 Å². The van der Waals surface area contributed by atoms with Crippen molar-refractivity contribution in [3.8, 4) is 11.5 Å². The highest BCUT2D eigenvalue weighted by atomic mass is 35.5. The summed E-state index contributed by atoms with van der Waals surface area (Å²) in [5.41, 5.74) is 5.87. The number of nitrogens with zero attached hydrogens (tertiary/aromatic N) is 1. The third kappa shape index (κ3) is 3.87. The third-order valence-electron chi connectivity index (χ3n) is 4.30. The molecule has 0 spiro atoms. The average Bonchev–Trinajstić information content (AvgIpc) is 2.48. The molecule has 23 heavy (non-hydrogen) atoms. The molecule has 2 rings (SSSR count). The summed E-state index contributed by atoms with van der Waals surface area (Å²) in [7, 11) is 2.88. The monoisotopic (exact) mass is 346 g/mol. The van der Waals surface area contributed by atoms with Crippen molar-refractivity contribution in [3.63, 3.8) is 0 Å². The van der Waals surface area contributed by atoms with Gasteiger partial charge in [-0.25, -0.2) is 4.39 Å². The molecule has 1 aromatic carbocycles. The topological polar surface area (TPSA) is 64.8 Å². The van der Waals surface area contributed by atoms with E-state index in [0.717, 1.165) is 0 Å². The average molecular weight is 347 g/mol. The van der Waals surface area contributed by atoms with Crippen LogP contribution < -0.4 is 15.2 Å². The van der Waals surface area contributed by atoms with Crippen LogP contribution in [0, 0.1) is 11.2 Å². The van der Waals surface area contributed by atoms with E-state index in [-0.39, 0.29) is 41.1 Å². The fraction of sp³-hybridized carbons (Fsp3) is 0.562. The first-order chi connectivity index (χ1) is 10.3. The normalized spacial score (nSPS) is 19.7. The molecular weight excluding hydrogens is 323 g/mol. The lowest BCUT2D eigenvalue weighted by Gasteiger charge is -2.42. The van der Waals surface area contributed by atoms with E-state index in [1.165, 1.54) is 26.4 Å². The van der Waals surface area contributed by atoms with Crippen LogP contribution in [0.4, 0.5) is 4.39 Å². The van der Waals surface area contributed by atoms with Crippen molar-refractivity contribution in [2.24, 2.45) is 11.1 Å². The molecule has 1 aromatic rings. The van der Waals surface area contributed by atoms with Gasteiger partial charge in [-0.1, -0.05) is 13.8 Å². The van der Waals surface area contributed by atoms with Gasteiger partial charge in [0.2, 0.25) is 0 Å². The van der Waals surface area contributed by atoms with Crippen molar-refractivity contribution in [2.75, 3.05) is 27.3 Å². The quantitative estimate of drug-likeness (QED) is 0.913. The molecule has 1 unspecified atom stereocenters. The number of ether oxygens (including phenoxy) is 2. The fourth-order valence-corrected chi connectivity index (χ4v) is 2.74. The zero-order chi connectivity index (χ0) is 16.5. The number of carbonyl (C=O) groups is 1. The molecule has 1 fully saturated rings. The maximum Gasteiger partial charge on any atom is 0.256 e. The van der Waals surface area contributed by atoms with Gasteiger partial charge in [0, 0.05) is 25.2 Å². The second-order valence-corrected chi connectivity index (χ2v) is 6.30. The van der Waals surface area contributed by atoms with E-state index in [4.69, 9.17) is 15.2 Å². The first-order valence-corrected chi connectivity index (χ1v) is 7.26. The van der Waals surface area contributed by atoms with Crippen molar-refractivity contribution < 1.29 is 18.7 Å². The van der Waals surface area contributed by atoms with E-state index in [9.17, 15) is 9.18 Å². The van der Waals surface area contributed by atoms with E-state index in [1.54, 1.807) is 4.90 Å². The molecule has 0 radical (unpaired) electrons. The molecule has 1 heterocycles. The van der Waals surface area contributed by atoms with Crippen LogP contribution in [0.15, 0.2) is 12.1 Å². The number of hydrogen-bond acceptors (Lipinski definition) is 4. The summed E-state index contributed by atoms with van der Waals surface area (Å²) in [5.74, 6) is -0.369. The van der Waals surface area contributed by atoms with Crippen molar-refractivity contribution in [1.29, 1.82) is 0 Å². The molecule has 1 saturated heterocycles. The van der Waals surface area contributed by atoms with Gasteiger partial charge in [-0.05, 0) is 17.9 Å². The molecule has 5 nitrogen and oxygen atoms in total. The minimum Gasteiger partial charge on any atom is -0.493 e. The Kier molecular flexibility index (Phi) is 6.25. The van der Waals surface area contributed by atoms with Crippen LogP contribution in [-0.4, -0.2) is 44.2 Å². The zero-order valence-corrected chi connectivity index (χ0v) is 14.7. The highest BCUT2D eigenvalue weighted by molar-refractivity contribution is 5.95. The summed E-state index contributed by atoms with van der Waals surface area (Å²) in [6, 6.07) is 2.59. The number of piperidine rings is 1. The van der Waals surface area contributed by atoms with Crippen LogP contribution in [0.5, 0.6) is 11.5 Å². The number of benzene rings is 1. The van der Waals surface area contributed by atoms with E-state index >= 15 is 0 Å². The van der Waals surface area contributed by atoms with Gasteiger partial charge in [-0.15, -0.1) is 12.4 Å². The SMILES string of the molecule is COc1cc(F)c(C(=O)N2CCC(N)C(C)(C)C2)cc1OC.Cl. The van der Waals surface area contributed by atoms with Gasteiger partial charge in [0.25, 0.3) is 5.91 Å². The number of methoxy groups -OCH3 is 2. The number of amides is 1. The Bertz CT molecular complexity index is 581. The Hall–Kier alpha value is -1.53. The molecule has 1 aliphatic rings. The van der Waals surface area contributed by atoms with Crippen molar-refractivity contribution in [3.05, 3.63) is 23.5 Å². The van der Waals surface area contributed by atoms with Crippen LogP contribution >= 0.6 is 12.4 Å². The second kappa shape index (κ2) is 7.36. The standard InChI is InChI=1S/C16H23FN2O3.ClH/c1-16(2)9-19(6-5-14(16)18)15(20)10-7-12(21-3)13(22-4)8-11(10)17;/h7-8,14H,5-6,9,18H2,1-4H3;1H. The Morgan fingerprint density at radius 1 is 1.30 bits per heavy atom. The number of hydrogen-bond donors (Lipinski definition) is 1. The van der Waals surface area contributed by atoms with Gasteiger partial charge in [0.05, 0.1) is 19.8 Å². The molecule has 7 heteroatoms. The highest BCUT2D eigenvalue weighted by Gasteiger charge is 2.36. The van der Waals surface area contributed by atoms with E-state index < -0.39 is 5.82 Å². The highest BCUT2D eigenvalue weighted by Crippen LogP contribution is 2.32. The Morgan fingerprint density at radius 3 is 2.39 bits per heavy atom. The third-order valence-corrected chi connectivity index (χ3v) is 4.30. The minimum absolute atomic E-state index is 0. The molecule has 0 aliphatic carbocycles.